The summed E-state index contributed by atoms with van der Waals surface area (Å²) in [5.74, 6) is 1.47. The fourth-order valence-electron chi connectivity index (χ4n) is 4.60. The molecule has 0 bridgehead atoms. The zero-order chi connectivity index (χ0) is 21.3. The molecule has 0 spiro atoms. The molecule has 1 fully saturated rings. The van der Waals surface area contributed by atoms with Crippen molar-refractivity contribution in [3.05, 3.63) is 70.3 Å². The molecule has 0 saturated heterocycles. The molecular formula is C27H29ClN2. The van der Waals surface area contributed by atoms with Crippen molar-refractivity contribution in [1.82, 2.24) is 0 Å². The van der Waals surface area contributed by atoms with Crippen LogP contribution in [0.2, 0.25) is 0 Å². The molecule has 0 atom stereocenters. The molecule has 154 valence electrons. The minimum absolute atomic E-state index is 0.499. The summed E-state index contributed by atoms with van der Waals surface area (Å²) >= 11 is 5.71. The van der Waals surface area contributed by atoms with E-state index in [1.165, 1.54) is 37.7 Å². The summed E-state index contributed by atoms with van der Waals surface area (Å²) in [7, 11) is 0. The molecule has 1 aliphatic carbocycles. The van der Waals surface area contributed by atoms with Crippen molar-refractivity contribution in [3.8, 4) is 23.3 Å². The lowest BCUT2D eigenvalue weighted by Gasteiger charge is -2.26. The quantitative estimate of drug-likeness (QED) is 0.467. The molecule has 0 aliphatic heterocycles. The number of nitrogens with zero attached hydrogens (tertiary/aromatic N) is 2. The van der Waals surface area contributed by atoms with Gasteiger partial charge in [0.05, 0.1) is 11.1 Å². The second-order valence-electron chi connectivity index (χ2n) is 8.33. The van der Waals surface area contributed by atoms with Gasteiger partial charge in [0.15, 0.2) is 0 Å². The molecule has 2 aromatic carbocycles. The first-order valence-electron chi connectivity index (χ1n) is 11.0. The van der Waals surface area contributed by atoms with Crippen LogP contribution in [0, 0.1) is 34.5 Å². The van der Waals surface area contributed by atoms with Crippen molar-refractivity contribution in [2.45, 2.75) is 58.3 Å². The van der Waals surface area contributed by atoms with E-state index in [4.69, 9.17) is 11.6 Å². The van der Waals surface area contributed by atoms with Crippen molar-refractivity contribution in [2.75, 3.05) is 0 Å². The summed E-state index contributed by atoms with van der Waals surface area (Å²) < 4.78 is 0. The number of hydrogen-bond acceptors (Lipinski definition) is 2. The van der Waals surface area contributed by atoms with E-state index in [1.807, 2.05) is 12.1 Å². The van der Waals surface area contributed by atoms with Gasteiger partial charge < -0.3 is 0 Å². The molecular weight excluding hydrogens is 388 g/mol. The SMILES string of the molecule is CCCc1ccc(-c2ccc(CCC3CCC(/C=C/Cl)CC3)cc2)c(C#N)c1C#N. The Hall–Kier alpha value is -2.55. The van der Waals surface area contributed by atoms with Crippen LogP contribution in [0.3, 0.4) is 0 Å². The molecule has 3 rings (SSSR count). The second-order valence-corrected chi connectivity index (χ2v) is 8.58. The highest BCUT2D eigenvalue weighted by Crippen LogP contribution is 2.33. The summed E-state index contributed by atoms with van der Waals surface area (Å²) in [6.45, 7) is 2.09. The van der Waals surface area contributed by atoms with E-state index in [1.54, 1.807) is 5.54 Å². The van der Waals surface area contributed by atoms with E-state index in [9.17, 15) is 10.5 Å². The molecule has 0 N–H and O–H groups in total. The highest BCUT2D eigenvalue weighted by molar-refractivity contribution is 6.25. The molecule has 30 heavy (non-hydrogen) atoms. The maximum atomic E-state index is 9.71. The standard InChI is InChI=1S/C27H29ClN2/c1-2-3-23-14-15-25(27(19-30)26(23)18-29)24-12-10-21(11-13-24)5-4-20-6-8-22(9-7-20)16-17-28/h10-17,20,22H,2-9H2,1H3/b17-16+. The van der Waals surface area contributed by atoms with Gasteiger partial charge in [-0.2, -0.15) is 10.5 Å². The maximum Gasteiger partial charge on any atom is 0.101 e. The van der Waals surface area contributed by atoms with Crippen LogP contribution in [0.5, 0.6) is 0 Å². The van der Waals surface area contributed by atoms with Crippen LogP contribution in [-0.2, 0) is 12.8 Å². The van der Waals surface area contributed by atoms with Crippen molar-refractivity contribution in [2.24, 2.45) is 11.8 Å². The van der Waals surface area contributed by atoms with Gasteiger partial charge in [-0.05, 0) is 73.5 Å². The van der Waals surface area contributed by atoms with Crippen LogP contribution >= 0.6 is 11.6 Å². The minimum atomic E-state index is 0.499. The first-order chi connectivity index (χ1) is 14.7. The van der Waals surface area contributed by atoms with Crippen molar-refractivity contribution >= 4 is 11.6 Å². The Morgan fingerprint density at radius 3 is 2.23 bits per heavy atom. The molecule has 2 aromatic rings. The Labute approximate surface area is 185 Å². The van der Waals surface area contributed by atoms with Gasteiger partial charge in [-0.25, -0.2) is 0 Å². The van der Waals surface area contributed by atoms with E-state index < -0.39 is 0 Å². The third-order valence-electron chi connectivity index (χ3n) is 6.38. The molecule has 0 aromatic heterocycles. The minimum Gasteiger partial charge on any atom is -0.192 e. The van der Waals surface area contributed by atoms with Crippen LogP contribution in [0.15, 0.2) is 48.0 Å². The number of rotatable bonds is 7. The maximum absolute atomic E-state index is 9.71. The molecule has 0 heterocycles. The zero-order valence-corrected chi connectivity index (χ0v) is 18.5. The van der Waals surface area contributed by atoms with E-state index in [0.717, 1.165) is 41.9 Å². The highest BCUT2D eigenvalue weighted by Gasteiger charge is 2.19. The number of halogens is 1. The van der Waals surface area contributed by atoms with Crippen LogP contribution in [0.1, 0.15) is 67.7 Å². The predicted molar refractivity (Wildman–Crippen MR) is 124 cm³/mol. The van der Waals surface area contributed by atoms with Crippen molar-refractivity contribution < 1.29 is 0 Å². The third-order valence-corrected chi connectivity index (χ3v) is 6.52. The molecule has 0 amide bonds. The summed E-state index contributed by atoms with van der Waals surface area (Å²) in [6.07, 6.45) is 11.3. The number of nitriles is 2. The molecule has 0 unspecified atom stereocenters. The lowest BCUT2D eigenvalue weighted by atomic mass is 9.79. The Balaban J connectivity index is 1.68. The average Bonchev–Trinajstić information content (AvgIpc) is 2.79. The van der Waals surface area contributed by atoms with Gasteiger partial charge in [0, 0.05) is 11.1 Å². The zero-order valence-electron chi connectivity index (χ0n) is 17.7. The lowest BCUT2D eigenvalue weighted by Crippen LogP contribution is -2.13. The first-order valence-corrected chi connectivity index (χ1v) is 11.5. The van der Waals surface area contributed by atoms with E-state index in [0.29, 0.717) is 17.0 Å². The van der Waals surface area contributed by atoms with E-state index in [-0.39, 0.29) is 0 Å². The number of benzene rings is 2. The summed E-state index contributed by atoms with van der Waals surface area (Å²) in [5, 5.41) is 19.3. The summed E-state index contributed by atoms with van der Waals surface area (Å²) in [4.78, 5) is 0. The summed E-state index contributed by atoms with van der Waals surface area (Å²) in [5.41, 5.74) is 6.85. The average molecular weight is 417 g/mol. The highest BCUT2D eigenvalue weighted by atomic mass is 35.5. The van der Waals surface area contributed by atoms with Crippen molar-refractivity contribution in [3.63, 3.8) is 0 Å². The van der Waals surface area contributed by atoms with Gasteiger partial charge in [0.1, 0.15) is 12.1 Å². The molecule has 2 nitrogen and oxygen atoms in total. The molecule has 0 radical (unpaired) electrons. The van der Waals surface area contributed by atoms with Gasteiger partial charge in [-0.1, -0.05) is 67.4 Å². The smallest absolute Gasteiger partial charge is 0.101 e. The Kier molecular flexibility index (Phi) is 8.12. The number of allylic oxidation sites excluding steroid dienone is 1. The van der Waals surface area contributed by atoms with E-state index in [2.05, 4.69) is 49.4 Å². The number of hydrogen-bond donors (Lipinski definition) is 0. The topological polar surface area (TPSA) is 47.6 Å². The lowest BCUT2D eigenvalue weighted by molar-refractivity contribution is 0.296. The monoisotopic (exact) mass is 416 g/mol. The Morgan fingerprint density at radius 2 is 1.63 bits per heavy atom. The molecule has 1 aliphatic rings. The van der Waals surface area contributed by atoms with Gasteiger partial charge in [-0.3, -0.25) is 0 Å². The van der Waals surface area contributed by atoms with Gasteiger partial charge in [0.2, 0.25) is 0 Å². The van der Waals surface area contributed by atoms with Crippen LogP contribution in [0.25, 0.3) is 11.1 Å². The number of aryl methyl sites for hydroxylation is 2. The molecule has 1 saturated carbocycles. The third kappa shape index (κ3) is 5.33. The first kappa shape index (κ1) is 22.1. The molecule has 3 heteroatoms. The van der Waals surface area contributed by atoms with Crippen LogP contribution in [-0.4, -0.2) is 0 Å². The fraction of sp³-hybridized carbons (Fsp3) is 0.407. The Bertz CT molecular complexity index is 952. The van der Waals surface area contributed by atoms with Crippen molar-refractivity contribution in [1.29, 1.82) is 10.5 Å². The largest absolute Gasteiger partial charge is 0.192 e. The fourth-order valence-corrected chi connectivity index (χ4v) is 4.81. The van der Waals surface area contributed by atoms with Crippen LogP contribution < -0.4 is 0 Å². The summed E-state index contributed by atoms with van der Waals surface area (Å²) in [6, 6.07) is 17.0. The van der Waals surface area contributed by atoms with Gasteiger partial charge in [0.25, 0.3) is 0 Å². The van der Waals surface area contributed by atoms with Gasteiger partial charge in [-0.15, -0.1) is 0 Å². The van der Waals surface area contributed by atoms with E-state index >= 15 is 0 Å². The Morgan fingerprint density at radius 1 is 0.933 bits per heavy atom. The van der Waals surface area contributed by atoms with Gasteiger partial charge >= 0.3 is 0 Å². The van der Waals surface area contributed by atoms with Crippen LogP contribution in [0.4, 0.5) is 0 Å². The second kappa shape index (κ2) is 11.0. The normalized spacial score (nSPS) is 18.8. The predicted octanol–water partition coefficient (Wildman–Crippen LogP) is 7.54.